The summed E-state index contributed by atoms with van der Waals surface area (Å²) in [6.07, 6.45) is 0. The molecule has 0 saturated carbocycles. The molecule has 0 heterocycles. The molecule has 1 aromatic carbocycles. The van der Waals surface area contributed by atoms with E-state index in [4.69, 9.17) is 0 Å². The van der Waals surface area contributed by atoms with Gasteiger partial charge in [0.15, 0.2) is 17.3 Å². The number of phenols is 1. The first kappa shape index (κ1) is 10.2. The van der Waals surface area contributed by atoms with Gasteiger partial charge in [0.1, 0.15) is 0 Å². The van der Waals surface area contributed by atoms with Crippen LogP contribution in [-0.4, -0.2) is 16.2 Å². The van der Waals surface area contributed by atoms with Crippen LogP contribution in [0.3, 0.4) is 0 Å². The van der Waals surface area contributed by atoms with Crippen molar-refractivity contribution in [3.63, 3.8) is 0 Å². The van der Waals surface area contributed by atoms with Gasteiger partial charge < -0.3 is 5.11 Å². The Bertz CT molecular complexity index is 350. The standard InChI is InChI=1S/C9H8BrFO2/c1-5-2-3-6(7(12)4-10)8(11)9(5)13/h2-3,13H,4H2,1H3. The number of ketones is 1. The first-order valence-electron chi connectivity index (χ1n) is 3.65. The van der Waals surface area contributed by atoms with Crippen molar-refractivity contribution in [2.75, 3.05) is 5.33 Å². The lowest BCUT2D eigenvalue weighted by molar-refractivity contribution is 0.101. The maximum atomic E-state index is 13.2. The maximum absolute atomic E-state index is 13.2. The highest BCUT2D eigenvalue weighted by atomic mass is 79.9. The number of phenolic OH excluding ortho intramolecular Hbond substituents is 1. The first-order chi connectivity index (χ1) is 6.07. The van der Waals surface area contributed by atoms with E-state index in [9.17, 15) is 14.3 Å². The molecule has 0 spiro atoms. The van der Waals surface area contributed by atoms with Gasteiger partial charge in [-0.3, -0.25) is 4.79 Å². The summed E-state index contributed by atoms with van der Waals surface area (Å²) in [5, 5.41) is 9.24. The topological polar surface area (TPSA) is 37.3 Å². The number of Topliss-reactive ketones (excluding diaryl/α,β-unsaturated/α-hetero) is 1. The number of aryl methyl sites for hydroxylation is 1. The number of halogens is 2. The largest absolute Gasteiger partial charge is 0.505 e. The molecule has 0 atom stereocenters. The van der Waals surface area contributed by atoms with E-state index in [0.29, 0.717) is 5.56 Å². The van der Waals surface area contributed by atoms with Crippen molar-refractivity contribution in [2.45, 2.75) is 6.92 Å². The maximum Gasteiger partial charge on any atom is 0.176 e. The minimum Gasteiger partial charge on any atom is -0.505 e. The lowest BCUT2D eigenvalue weighted by Gasteiger charge is -2.04. The zero-order chi connectivity index (χ0) is 10.0. The summed E-state index contributed by atoms with van der Waals surface area (Å²) in [5.41, 5.74) is 0.337. The van der Waals surface area contributed by atoms with E-state index < -0.39 is 11.6 Å². The molecule has 13 heavy (non-hydrogen) atoms. The predicted molar refractivity (Wildman–Crippen MR) is 50.9 cm³/mol. The van der Waals surface area contributed by atoms with Crippen LogP contribution in [0.15, 0.2) is 12.1 Å². The second kappa shape index (κ2) is 3.87. The van der Waals surface area contributed by atoms with Crippen molar-refractivity contribution in [1.82, 2.24) is 0 Å². The lowest BCUT2D eigenvalue weighted by Crippen LogP contribution is -2.03. The van der Waals surface area contributed by atoms with Gasteiger partial charge in [-0.05, 0) is 18.6 Å². The molecule has 1 aromatic rings. The Balaban J connectivity index is 3.26. The van der Waals surface area contributed by atoms with Crippen molar-refractivity contribution in [3.8, 4) is 5.75 Å². The molecule has 1 rings (SSSR count). The molecule has 0 radical (unpaired) electrons. The fourth-order valence-electron chi connectivity index (χ4n) is 0.948. The molecule has 70 valence electrons. The molecule has 0 unspecified atom stereocenters. The highest BCUT2D eigenvalue weighted by Gasteiger charge is 2.14. The summed E-state index contributed by atoms with van der Waals surface area (Å²) in [7, 11) is 0. The fraction of sp³-hybridized carbons (Fsp3) is 0.222. The molecular formula is C9H8BrFO2. The second-order valence-electron chi connectivity index (χ2n) is 2.65. The van der Waals surface area contributed by atoms with Gasteiger partial charge in [0.05, 0.1) is 10.9 Å². The van der Waals surface area contributed by atoms with Crippen LogP contribution in [0, 0.1) is 12.7 Å². The summed E-state index contributed by atoms with van der Waals surface area (Å²) in [6.45, 7) is 1.57. The Morgan fingerprint density at radius 1 is 1.62 bits per heavy atom. The van der Waals surface area contributed by atoms with Crippen LogP contribution in [0.5, 0.6) is 5.75 Å². The van der Waals surface area contributed by atoms with E-state index in [1.807, 2.05) is 0 Å². The van der Waals surface area contributed by atoms with Crippen molar-refractivity contribution in [1.29, 1.82) is 0 Å². The number of carbonyl (C=O) groups excluding carboxylic acids is 1. The quantitative estimate of drug-likeness (QED) is 0.643. The van der Waals surface area contributed by atoms with E-state index in [2.05, 4.69) is 15.9 Å². The SMILES string of the molecule is Cc1ccc(C(=O)CBr)c(F)c1O. The molecule has 0 aliphatic carbocycles. The van der Waals surface area contributed by atoms with Gasteiger partial charge in [-0.25, -0.2) is 4.39 Å². The average Bonchev–Trinajstić information content (AvgIpc) is 2.13. The Morgan fingerprint density at radius 2 is 2.23 bits per heavy atom. The molecule has 0 aliphatic rings. The van der Waals surface area contributed by atoms with Gasteiger partial charge in [0, 0.05) is 0 Å². The van der Waals surface area contributed by atoms with Crippen molar-refractivity contribution in [2.24, 2.45) is 0 Å². The zero-order valence-corrected chi connectivity index (χ0v) is 8.56. The van der Waals surface area contributed by atoms with Crippen LogP contribution in [0.1, 0.15) is 15.9 Å². The molecule has 0 saturated heterocycles. The number of hydrogen-bond acceptors (Lipinski definition) is 2. The molecule has 0 amide bonds. The summed E-state index contributed by atoms with van der Waals surface area (Å²) >= 11 is 2.93. The Labute approximate surface area is 83.5 Å². The average molecular weight is 247 g/mol. The lowest BCUT2D eigenvalue weighted by atomic mass is 10.1. The summed E-state index contributed by atoms with van der Waals surface area (Å²) in [4.78, 5) is 11.1. The van der Waals surface area contributed by atoms with Crippen molar-refractivity contribution >= 4 is 21.7 Å². The van der Waals surface area contributed by atoms with Gasteiger partial charge in [-0.1, -0.05) is 22.0 Å². The summed E-state index contributed by atoms with van der Waals surface area (Å²) in [5.74, 6) is -1.68. The van der Waals surface area contributed by atoms with Crippen LogP contribution >= 0.6 is 15.9 Å². The van der Waals surface area contributed by atoms with Crippen LogP contribution < -0.4 is 0 Å². The zero-order valence-electron chi connectivity index (χ0n) is 6.97. The van der Waals surface area contributed by atoms with E-state index in [-0.39, 0.29) is 16.7 Å². The highest BCUT2D eigenvalue weighted by molar-refractivity contribution is 9.09. The third-order valence-corrected chi connectivity index (χ3v) is 2.25. The van der Waals surface area contributed by atoms with E-state index in [1.165, 1.54) is 12.1 Å². The minimum absolute atomic E-state index is 0.0480. The molecular weight excluding hydrogens is 239 g/mol. The number of alkyl halides is 1. The third kappa shape index (κ3) is 1.88. The number of hydrogen-bond donors (Lipinski definition) is 1. The molecule has 4 heteroatoms. The third-order valence-electron chi connectivity index (χ3n) is 1.74. The van der Waals surface area contributed by atoms with Gasteiger partial charge in [0.2, 0.25) is 0 Å². The van der Waals surface area contributed by atoms with Crippen LogP contribution in [0.4, 0.5) is 4.39 Å². The molecule has 0 aromatic heterocycles. The number of aromatic hydroxyl groups is 1. The minimum atomic E-state index is -0.843. The van der Waals surface area contributed by atoms with Gasteiger partial charge in [-0.15, -0.1) is 0 Å². The number of rotatable bonds is 2. The van der Waals surface area contributed by atoms with Gasteiger partial charge in [0.25, 0.3) is 0 Å². The van der Waals surface area contributed by atoms with E-state index in [0.717, 1.165) is 0 Å². The van der Waals surface area contributed by atoms with Gasteiger partial charge in [-0.2, -0.15) is 0 Å². The predicted octanol–water partition coefficient (Wildman–Crippen LogP) is 2.42. The molecule has 2 nitrogen and oxygen atoms in total. The van der Waals surface area contributed by atoms with E-state index >= 15 is 0 Å². The monoisotopic (exact) mass is 246 g/mol. The van der Waals surface area contributed by atoms with Gasteiger partial charge >= 0.3 is 0 Å². The van der Waals surface area contributed by atoms with E-state index in [1.54, 1.807) is 6.92 Å². The molecule has 0 fully saturated rings. The number of carbonyl (C=O) groups is 1. The summed E-state index contributed by atoms with van der Waals surface area (Å²) in [6, 6.07) is 2.88. The number of benzene rings is 1. The van der Waals surface area contributed by atoms with Crippen LogP contribution in [0.25, 0.3) is 0 Å². The molecule has 1 N–H and O–H groups in total. The van der Waals surface area contributed by atoms with Crippen LogP contribution in [-0.2, 0) is 0 Å². The molecule has 0 aliphatic heterocycles. The second-order valence-corrected chi connectivity index (χ2v) is 3.21. The Kier molecular flexibility index (Phi) is 3.03. The fourth-order valence-corrected chi connectivity index (χ4v) is 1.25. The van der Waals surface area contributed by atoms with Crippen LogP contribution in [0.2, 0.25) is 0 Å². The van der Waals surface area contributed by atoms with Crippen molar-refractivity contribution < 1.29 is 14.3 Å². The first-order valence-corrected chi connectivity index (χ1v) is 4.77. The normalized spacial score (nSPS) is 10.1. The molecule has 0 bridgehead atoms. The summed E-state index contributed by atoms with van der Waals surface area (Å²) < 4.78 is 13.2. The highest BCUT2D eigenvalue weighted by Crippen LogP contribution is 2.23. The Morgan fingerprint density at radius 3 is 2.77 bits per heavy atom. The smallest absolute Gasteiger partial charge is 0.176 e. The Hall–Kier alpha value is -0.900. The van der Waals surface area contributed by atoms with Crippen molar-refractivity contribution in [3.05, 3.63) is 29.1 Å².